The van der Waals surface area contributed by atoms with Crippen LogP contribution in [0.3, 0.4) is 0 Å². The van der Waals surface area contributed by atoms with Crippen molar-refractivity contribution in [2.45, 2.75) is 107 Å². The van der Waals surface area contributed by atoms with Gasteiger partial charge in [0.05, 0.1) is 34.9 Å². The van der Waals surface area contributed by atoms with Crippen LogP contribution in [0.15, 0.2) is 4.52 Å². The average Bonchev–Trinajstić information content (AvgIpc) is 3.82. The highest BCUT2D eigenvalue weighted by Gasteiger charge is 2.51. The molecule has 0 bridgehead atoms. The summed E-state index contributed by atoms with van der Waals surface area (Å²) in [6, 6.07) is 3.09. The summed E-state index contributed by atoms with van der Waals surface area (Å²) in [6.45, 7) is 6.22. The molecule has 0 aromatic carbocycles. The van der Waals surface area contributed by atoms with E-state index >= 15 is 0 Å². The number of nitriles is 1. The second-order valence-corrected chi connectivity index (χ2v) is 15.8. The number of aliphatic hydroxyl groups is 1. The Morgan fingerprint density at radius 1 is 1.15 bits per heavy atom. The Labute approximate surface area is 277 Å². The minimum atomic E-state index is -0.908. The van der Waals surface area contributed by atoms with Gasteiger partial charge >= 0.3 is 0 Å². The molecular weight excluding hydrogens is 615 g/mol. The number of anilines is 2. The van der Waals surface area contributed by atoms with E-state index < -0.39 is 11.2 Å². The number of likely N-dealkylation sites (N-methyl/N-ethyl adjacent to an activating group) is 1. The van der Waals surface area contributed by atoms with Crippen LogP contribution < -0.4 is 10.6 Å². The van der Waals surface area contributed by atoms with E-state index in [9.17, 15) is 10.4 Å². The first-order valence-electron chi connectivity index (χ1n) is 17.1. The number of nitrogen functional groups attached to an aromatic ring is 1. The molecule has 4 aromatic rings. The van der Waals surface area contributed by atoms with Crippen molar-refractivity contribution in [1.29, 1.82) is 5.26 Å². The van der Waals surface area contributed by atoms with Gasteiger partial charge in [-0.3, -0.25) is 0 Å². The smallest absolute Gasteiger partial charge is 0.186 e. The van der Waals surface area contributed by atoms with Gasteiger partial charge in [-0.05, 0) is 85.2 Å². The Morgan fingerprint density at radius 2 is 2.02 bits per heavy atom. The zero-order chi connectivity index (χ0) is 32.2. The van der Waals surface area contributed by atoms with Crippen LogP contribution in [0.4, 0.5) is 10.8 Å². The van der Waals surface area contributed by atoms with Crippen molar-refractivity contribution in [2.75, 3.05) is 37.4 Å². The molecule has 0 unspecified atom stereocenters. The summed E-state index contributed by atoms with van der Waals surface area (Å²) in [5.41, 5.74) is 9.34. The molecule has 1 spiro atoms. The first-order valence-corrected chi connectivity index (χ1v) is 17.9. The fraction of sp³-hybridized carbons (Fsp3) is 0.618. The molecule has 5 aliphatic rings. The molecule has 1 aliphatic carbocycles. The van der Waals surface area contributed by atoms with E-state index in [4.69, 9.17) is 30.1 Å². The monoisotopic (exact) mass is 655 g/mol. The zero-order valence-electron chi connectivity index (χ0n) is 27.3. The highest BCUT2D eigenvalue weighted by atomic mass is 32.1. The Hall–Kier alpha value is -3.57. The van der Waals surface area contributed by atoms with Crippen LogP contribution in [-0.4, -0.2) is 79.3 Å². The van der Waals surface area contributed by atoms with E-state index in [1.165, 1.54) is 17.8 Å². The van der Waals surface area contributed by atoms with Gasteiger partial charge in [0.25, 0.3) is 0 Å². The first-order chi connectivity index (χ1) is 22.7. The van der Waals surface area contributed by atoms with Gasteiger partial charge in [-0.25, -0.2) is 14.6 Å². The number of thiophene rings is 1. The zero-order valence-corrected chi connectivity index (χ0v) is 28.1. The molecule has 3 N–H and O–H groups in total. The summed E-state index contributed by atoms with van der Waals surface area (Å²) in [4.78, 5) is 16.4. The van der Waals surface area contributed by atoms with Crippen molar-refractivity contribution in [1.82, 2.24) is 29.8 Å². The molecule has 4 aliphatic heterocycles. The van der Waals surface area contributed by atoms with Gasteiger partial charge in [0.15, 0.2) is 28.5 Å². The topological polar surface area (TPSA) is 155 Å². The number of hydrogen-bond acceptors (Lipinski definition) is 12. The second kappa shape index (κ2) is 10.5. The molecule has 8 heterocycles. The number of piperidine rings is 1. The lowest BCUT2D eigenvalue weighted by molar-refractivity contribution is -0.0580. The first kappa shape index (κ1) is 29.6. The van der Waals surface area contributed by atoms with Crippen LogP contribution in [0.5, 0.6) is 0 Å². The molecule has 13 heteroatoms. The molecule has 2 saturated heterocycles. The number of rotatable bonds is 3. The summed E-state index contributed by atoms with van der Waals surface area (Å²) in [7, 11) is 2.20. The Morgan fingerprint density at radius 3 is 2.83 bits per heavy atom. The number of hydrogen-bond donors (Lipinski definition) is 2. The van der Waals surface area contributed by atoms with Crippen molar-refractivity contribution in [3.05, 3.63) is 33.0 Å². The lowest BCUT2D eigenvalue weighted by atomic mass is 9.76. The van der Waals surface area contributed by atoms with Gasteiger partial charge in [0.2, 0.25) is 0 Å². The highest BCUT2D eigenvalue weighted by molar-refractivity contribution is 7.16. The van der Waals surface area contributed by atoms with E-state index in [-0.39, 0.29) is 12.1 Å². The van der Waals surface area contributed by atoms with Crippen LogP contribution in [0, 0.1) is 11.3 Å². The molecule has 2 fully saturated rings. The van der Waals surface area contributed by atoms with E-state index in [1.807, 2.05) is 6.92 Å². The lowest BCUT2D eigenvalue weighted by Gasteiger charge is -2.43. The number of aromatic nitrogens is 5. The van der Waals surface area contributed by atoms with E-state index in [2.05, 4.69) is 39.7 Å². The molecule has 5 atom stereocenters. The molecule has 246 valence electrons. The van der Waals surface area contributed by atoms with Crippen LogP contribution in [0.2, 0.25) is 0 Å². The number of aryl methyl sites for hydroxylation is 2. The predicted molar refractivity (Wildman–Crippen MR) is 177 cm³/mol. The maximum Gasteiger partial charge on any atom is 0.186 e. The molecule has 0 saturated carbocycles. The normalized spacial score (nSPS) is 29.4. The largest absolute Gasteiger partial charge is 0.389 e. The summed E-state index contributed by atoms with van der Waals surface area (Å²) in [6.07, 6.45) is 8.79. The van der Waals surface area contributed by atoms with Crippen LogP contribution in [-0.2, 0) is 29.6 Å². The Bertz CT molecular complexity index is 1950. The molecular formula is C34H41N9O3S. The molecule has 9 rings (SSSR count). The molecule has 47 heavy (non-hydrogen) atoms. The number of nitrogens with zero attached hydrogens (tertiary/aromatic N) is 8. The maximum atomic E-state index is 11.3. The summed E-state index contributed by atoms with van der Waals surface area (Å²) >= 11 is 1.48. The van der Waals surface area contributed by atoms with Gasteiger partial charge in [-0.15, -0.1) is 11.3 Å². The van der Waals surface area contributed by atoms with Crippen LogP contribution in [0.1, 0.15) is 97.9 Å². The summed E-state index contributed by atoms with van der Waals surface area (Å²) in [5.74, 6) is 1.97. The minimum absolute atomic E-state index is 0.117. The minimum Gasteiger partial charge on any atom is -0.389 e. The van der Waals surface area contributed by atoms with Crippen molar-refractivity contribution < 1.29 is 14.4 Å². The van der Waals surface area contributed by atoms with Gasteiger partial charge < -0.3 is 29.9 Å². The van der Waals surface area contributed by atoms with E-state index in [1.54, 1.807) is 0 Å². The average molecular weight is 656 g/mol. The highest BCUT2D eigenvalue weighted by Crippen LogP contribution is 2.53. The molecule has 4 aromatic heterocycles. The summed E-state index contributed by atoms with van der Waals surface area (Å²) in [5, 5.41) is 32.9. The van der Waals surface area contributed by atoms with Gasteiger partial charge in [0, 0.05) is 41.1 Å². The maximum absolute atomic E-state index is 11.3. The number of fused-ring (bicyclic) bond motifs is 6. The Balaban J connectivity index is 1.24. The molecule has 0 radical (unpaired) electrons. The molecule has 0 amide bonds. The fourth-order valence-electron chi connectivity index (χ4n) is 9.26. The van der Waals surface area contributed by atoms with E-state index in [0.717, 1.165) is 90.0 Å². The standard InChI is InChI=1S/C34H41N9O3S/c1-18(23-6-5-14-41(23)3)43-32-25-22(39-43)9-8-19-10-13-33(2,44)17-42(19)31(25)37-30(38-32)27-20-11-15-45-34(28(20)46-40-27)12-4-7-24-26(34)21(16-35)29(36)47-24/h18-19,23,44H,4-15,17,36H2,1-3H3/t18-,19-,23-,33+,34+/m0/s1. The van der Waals surface area contributed by atoms with Gasteiger partial charge in [0.1, 0.15) is 16.9 Å². The number of nitrogens with two attached hydrogens (primary N) is 1. The Kier molecular flexibility index (Phi) is 6.58. The van der Waals surface area contributed by atoms with Crippen molar-refractivity contribution in [3.63, 3.8) is 0 Å². The number of ether oxygens (including phenoxy) is 1. The van der Waals surface area contributed by atoms with Crippen molar-refractivity contribution in [3.8, 4) is 17.6 Å². The number of likely N-dealkylation sites (tertiary alicyclic amines) is 1. The fourth-order valence-corrected chi connectivity index (χ4v) is 10.4. The third-order valence-corrected chi connectivity index (χ3v) is 12.7. The second-order valence-electron chi connectivity index (χ2n) is 14.6. The van der Waals surface area contributed by atoms with Crippen LogP contribution in [0.25, 0.3) is 22.6 Å². The molecule has 12 nitrogen and oxygen atoms in total. The van der Waals surface area contributed by atoms with E-state index in [0.29, 0.717) is 59.9 Å². The lowest BCUT2D eigenvalue weighted by Crippen LogP contribution is -2.51. The third kappa shape index (κ3) is 4.27. The summed E-state index contributed by atoms with van der Waals surface area (Å²) < 4.78 is 15.0. The van der Waals surface area contributed by atoms with Gasteiger partial charge in [-0.1, -0.05) is 5.16 Å². The third-order valence-electron chi connectivity index (χ3n) is 11.6. The van der Waals surface area contributed by atoms with Crippen molar-refractivity contribution >= 4 is 33.2 Å². The quantitative estimate of drug-likeness (QED) is 0.321. The SMILES string of the molecule is C[C@@H]([C@@H]1CCCN1C)n1nc2c3c(nc(-c4noc5c4CCO[C@@]54CCCc5sc(N)c(C#N)c54)nc31)N1C[C@](C)(O)CC[C@@H]1CC2. The van der Waals surface area contributed by atoms with Crippen LogP contribution >= 0.6 is 11.3 Å². The predicted octanol–water partition coefficient (Wildman–Crippen LogP) is 4.47. The van der Waals surface area contributed by atoms with Crippen molar-refractivity contribution in [2.24, 2.45) is 0 Å². The van der Waals surface area contributed by atoms with Gasteiger partial charge in [-0.2, -0.15) is 10.4 Å².